The van der Waals surface area contributed by atoms with E-state index in [1.165, 1.54) is 0 Å². The van der Waals surface area contributed by atoms with Crippen LogP contribution >= 0.6 is 0 Å². The standard InChI is InChI=1S/C10H13NO2/c1-2-9(8-11(12)13)10-6-4-3-5-7-10/h3-7,9H,2,8H2,1H3/t9-/m0/s1. The number of nitrogens with zero attached hydrogens (tertiary/aromatic N) is 1. The van der Waals surface area contributed by atoms with Crippen LogP contribution in [0.25, 0.3) is 0 Å². The molecule has 0 aliphatic carbocycles. The van der Waals surface area contributed by atoms with E-state index in [1.807, 2.05) is 37.3 Å². The maximum atomic E-state index is 10.3. The Balaban J connectivity index is 2.73. The maximum absolute atomic E-state index is 10.3. The van der Waals surface area contributed by atoms with Crippen LogP contribution in [0.3, 0.4) is 0 Å². The molecule has 3 nitrogen and oxygen atoms in total. The second-order valence-corrected chi connectivity index (χ2v) is 3.03. The van der Waals surface area contributed by atoms with Gasteiger partial charge in [-0.3, -0.25) is 10.1 Å². The summed E-state index contributed by atoms with van der Waals surface area (Å²) in [6.07, 6.45) is 0.811. The van der Waals surface area contributed by atoms with Crippen LogP contribution in [0.2, 0.25) is 0 Å². The highest BCUT2D eigenvalue weighted by molar-refractivity contribution is 5.19. The quantitative estimate of drug-likeness (QED) is 0.526. The third kappa shape index (κ3) is 2.86. The second-order valence-electron chi connectivity index (χ2n) is 3.03. The van der Waals surface area contributed by atoms with Gasteiger partial charge in [0, 0.05) is 10.8 Å². The molecular formula is C10H13NO2. The zero-order valence-corrected chi connectivity index (χ0v) is 7.64. The summed E-state index contributed by atoms with van der Waals surface area (Å²) < 4.78 is 0. The predicted octanol–water partition coefficient (Wildman–Crippen LogP) is 2.46. The average molecular weight is 179 g/mol. The predicted molar refractivity (Wildman–Crippen MR) is 51.3 cm³/mol. The highest BCUT2D eigenvalue weighted by atomic mass is 16.6. The molecule has 3 heteroatoms. The number of hydrogen-bond donors (Lipinski definition) is 0. The first-order valence-electron chi connectivity index (χ1n) is 4.40. The summed E-state index contributed by atoms with van der Waals surface area (Å²) in [5.74, 6) is 0.0520. The fourth-order valence-corrected chi connectivity index (χ4v) is 1.38. The topological polar surface area (TPSA) is 43.1 Å². The van der Waals surface area contributed by atoms with Crippen molar-refractivity contribution < 1.29 is 4.92 Å². The molecule has 0 saturated heterocycles. The number of benzene rings is 1. The number of nitro groups is 1. The molecule has 0 fully saturated rings. The summed E-state index contributed by atoms with van der Waals surface area (Å²) in [5.41, 5.74) is 1.06. The second kappa shape index (κ2) is 4.60. The molecule has 0 radical (unpaired) electrons. The van der Waals surface area contributed by atoms with Crippen LogP contribution in [0.4, 0.5) is 0 Å². The molecule has 1 atom stereocenters. The SMILES string of the molecule is CC[C@@H](C[N+](=O)[O-])c1ccccc1. The highest BCUT2D eigenvalue weighted by Gasteiger charge is 2.14. The molecule has 13 heavy (non-hydrogen) atoms. The van der Waals surface area contributed by atoms with E-state index in [4.69, 9.17) is 0 Å². The van der Waals surface area contributed by atoms with Crippen molar-refractivity contribution >= 4 is 0 Å². The van der Waals surface area contributed by atoms with Crippen molar-refractivity contribution in [1.82, 2.24) is 0 Å². The largest absolute Gasteiger partial charge is 0.265 e. The summed E-state index contributed by atoms with van der Waals surface area (Å²) in [6, 6.07) is 9.63. The lowest BCUT2D eigenvalue weighted by Crippen LogP contribution is -2.11. The Morgan fingerprint density at radius 3 is 2.46 bits per heavy atom. The first kappa shape index (κ1) is 9.71. The fourth-order valence-electron chi connectivity index (χ4n) is 1.38. The van der Waals surface area contributed by atoms with Gasteiger partial charge >= 0.3 is 0 Å². The minimum atomic E-state index is -0.249. The lowest BCUT2D eigenvalue weighted by molar-refractivity contribution is -0.483. The van der Waals surface area contributed by atoms with Crippen LogP contribution in [0.5, 0.6) is 0 Å². The van der Waals surface area contributed by atoms with Crippen LogP contribution in [0, 0.1) is 10.1 Å². The zero-order valence-electron chi connectivity index (χ0n) is 7.64. The van der Waals surface area contributed by atoms with Gasteiger partial charge < -0.3 is 0 Å². The van der Waals surface area contributed by atoms with Crippen LogP contribution in [0.1, 0.15) is 24.8 Å². The van der Waals surface area contributed by atoms with Gasteiger partial charge in [-0.05, 0) is 12.0 Å². The molecular weight excluding hydrogens is 166 g/mol. The van der Waals surface area contributed by atoms with Gasteiger partial charge in [0.1, 0.15) is 0 Å². The monoisotopic (exact) mass is 179 g/mol. The van der Waals surface area contributed by atoms with Crippen molar-refractivity contribution in [1.29, 1.82) is 0 Å². The average Bonchev–Trinajstić information content (AvgIpc) is 2.15. The first-order chi connectivity index (χ1) is 6.24. The molecule has 70 valence electrons. The van der Waals surface area contributed by atoms with Crippen molar-refractivity contribution in [3.05, 3.63) is 46.0 Å². The van der Waals surface area contributed by atoms with Crippen molar-refractivity contribution in [2.45, 2.75) is 19.3 Å². The normalized spacial score (nSPS) is 12.4. The molecule has 0 unspecified atom stereocenters. The molecule has 0 heterocycles. The fraction of sp³-hybridized carbons (Fsp3) is 0.400. The van der Waals surface area contributed by atoms with E-state index in [9.17, 15) is 10.1 Å². The van der Waals surface area contributed by atoms with Crippen LogP contribution in [-0.2, 0) is 0 Å². The molecule has 0 aromatic heterocycles. The summed E-state index contributed by atoms with van der Waals surface area (Å²) in [5, 5.41) is 10.3. The molecule has 0 bridgehead atoms. The number of hydrogen-bond acceptors (Lipinski definition) is 2. The third-order valence-electron chi connectivity index (χ3n) is 2.13. The Labute approximate surface area is 77.5 Å². The van der Waals surface area contributed by atoms with E-state index in [2.05, 4.69) is 0 Å². The summed E-state index contributed by atoms with van der Waals surface area (Å²) in [6.45, 7) is 2.00. The van der Waals surface area contributed by atoms with Gasteiger partial charge in [0.25, 0.3) is 0 Å². The maximum Gasteiger partial charge on any atom is 0.210 e. The van der Waals surface area contributed by atoms with Crippen molar-refractivity contribution in [2.24, 2.45) is 0 Å². The highest BCUT2D eigenvalue weighted by Crippen LogP contribution is 2.18. The van der Waals surface area contributed by atoms with Gasteiger partial charge in [-0.15, -0.1) is 0 Å². The van der Waals surface area contributed by atoms with Crippen molar-refractivity contribution in [3.8, 4) is 0 Å². The molecule has 0 spiro atoms. The molecule has 1 rings (SSSR count). The molecule has 0 N–H and O–H groups in total. The minimum Gasteiger partial charge on any atom is -0.265 e. The molecule has 0 amide bonds. The number of rotatable bonds is 4. The van der Waals surface area contributed by atoms with Crippen molar-refractivity contribution in [3.63, 3.8) is 0 Å². The summed E-state index contributed by atoms with van der Waals surface area (Å²) in [7, 11) is 0. The summed E-state index contributed by atoms with van der Waals surface area (Å²) >= 11 is 0. The Morgan fingerprint density at radius 2 is 2.00 bits per heavy atom. The smallest absolute Gasteiger partial charge is 0.210 e. The van der Waals surface area contributed by atoms with Gasteiger partial charge in [-0.1, -0.05) is 37.3 Å². The van der Waals surface area contributed by atoms with E-state index >= 15 is 0 Å². The minimum absolute atomic E-state index is 0.0283. The third-order valence-corrected chi connectivity index (χ3v) is 2.13. The van der Waals surface area contributed by atoms with Gasteiger partial charge in [0.15, 0.2) is 0 Å². The molecule has 0 aliphatic rings. The Hall–Kier alpha value is -1.38. The zero-order chi connectivity index (χ0) is 9.68. The van der Waals surface area contributed by atoms with Gasteiger partial charge in [-0.25, -0.2) is 0 Å². The Morgan fingerprint density at radius 1 is 1.38 bits per heavy atom. The summed E-state index contributed by atoms with van der Waals surface area (Å²) in [4.78, 5) is 10.1. The van der Waals surface area contributed by atoms with E-state index in [-0.39, 0.29) is 17.4 Å². The Bertz CT molecular complexity index is 272. The van der Waals surface area contributed by atoms with Crippen LogP contribution < -0.4 is 0 Å². The van der Waals surface area contributed by atoms with Crippen LogP contribution in [0.15, 0.2) is 30.3 Å². The van der Waals surface area contributed by atoms with E-state index in [0.717, 1.165) is 12.0 Å². The lowest BCUT2D eigenvalue weighted by atomic mass is 9.97. The van der Waals surface area contributed by atoms with Crippen molar-refractivity contribution in [2.75, 3.05) is 6.54 Å². The van der Waals surface area contributed by atoms with E-state index in [0.29, 0.717) is 0 Å². The van der Waals surface area contributed by atoms with Crippen LogP contribution in [-0.4, -0.2) is 11.5 Å². The van der Waals surface area contributed by atoms with Gasteiger partial charge in [-0.2, -0.15) is 0 Å². The molecule has 0 aliphatic heterocycles. The van der Waals surface area contributed by atoms with E-state index < -0.39 is 0 Å². The lowest BCUT2D eigenvalue weighted by Gasteiger charge is -2.09. The van der Waals surface area contributed by atoms with E-state index in [1.54, 1.807) is 0 Å². The van der Waals surface area contributed by atoms with Gasteiger partial charge in [0.05, 0.1) is 0 Å². The molecule has 1 aromatic rings. The Kier molecular flexibility index (Phi) is 3.43. The molecule has 0 saturated carbocycles. The molecule has 1 aromatic carbocycles. The first-order valence-corrected chi connectivity index (χ1v) is 4.40. The van der Waals surface area contributed by atoms with Gasteiger partial charge in [0.2, 0.25) is 6.54 Å².